The Morgan fingerprint density at radius 3 is 2.53 bits per heavy atom. The lowest BCUT2D eigenvalue weighted by molar-refractivity contribution is 0.596. The van der Waals surface area contributed by atoms with Crippen molar-refractivity contribution in [2.45, 2.75) is 36.7 Å². The van der Waals surface area contributed by atoms with Gasteiger partial charge in [0.1, 0.15) is 10.8 Å². The van der Waals surface area contributed by atoms with Crippen molar-refractivity contribution < 1.29 is 4.39 Å². The molecule has 19 heavy (non-hydrogen) atoms. The van der Waals surface area contributed by atoms with Gasteiger partial charge in [-0.15, -0.1) is 0 Å². The molecule has 1 heterocycles. The fourth-order valence-corrected chi connectivity index (χ4v) is 2.80. The van der Waals surface area contributed by atoms with Gasteiger partial charge in [0, 0.05) is 16.6 Å². The SMILES string of the molecule is Cc1cc(C)nc(Sc2ccc(C(C)N)cc2F)c1. The van der Waals surface area contributed by atoms with Crippen molar-refractivity contribution in [2.24, 2.45) is 5.73 Å². The minimum absolute atomic E-state index is 0.159. The second-order valence-corrected chi connectivity index (χ2v) is 5.77. The van der Waals surface area contributed by atoms with Crippen LogP contribution in [0.5, 0.6) is 0 Å². The number of rotatable bonds is 3. The van der Waals surface area contributed by atoms with E-state index in [0.717, 1.165) is 21.8 Å². The molecule has 2 aromatic rings. The molecular formula is C15H17FN2S. The van der Waals surface area contributed by atoms with Crippen LogP contribution < -0.4 is 5.73 Å². The molecule has 0 aliphatic heterocycles. The molecule has 100 valence electrons. The van der Waals surface area contributed by atoms with E-state index in [1.54, 1.807) is 6.07 Å². The number of hydrogen-bond acceptors (Lipinski definition) is 3. The van der Waals surface area contributed by atoms with Gasteiger partial charge in [0.15, 0.2) is 0 Å². The number of benzene rings is 1. The molecule has 2 N–H and O–H groups in total. The molecule has 0 fully saturated rings. The Kier molecular flexibility index (Phi) is 4.22. The molecule has 1 aromatic carbocycles. The Balaban J connectivity index is 2.28. The predicted molar refractivity (Wildman–Crippen MR) is 76.8 cm³/mol. The predicted octanol–water partition coefficient (Wildman–Crippen LogP) is 4.01. The van der Waals surface area contributed by atoms with Crippen LogP contribution in [-0.4, -0.2) is 4.98 Å². The fourth-order valence-electron chi connectivity index (χ4n) is 1.85. The first-order chi connectivity index (χ1) is 8.95. The maximum absolute atomic E-state index is 14.0. The van der Waals surface area contributed by atoms with Gasteiger partial charge < -0.3 is 5.73 Å². The standard InChI is InChI=1S/C15H17FN2S/c1-9-6-10(2)18-15(7-9)19-14-5-4-12(11(3)17)8-13(14)16/h4-8,11H,17H2,1-3H3. The largest absolute Gasteiger partial charge is 0.324 e. The number of aromatic nitrogens is 1. The van der Waals surface area contributed by atoms with E-state index >= 15 is 0 Å². The van der Waals surface area contributed by atoms with Gasteiger partial charge in [-0.05, 0) is 56.2 Å². The Hall–Kier alpha value is -1.39. The van der Waals surface area contributed by atoms with Crippen molar-refractivity contribution in [2.75, 3.05) is 0 Å². The highest BCUT2D eigenvalue weighted by atomic mass is 32.2. The number of hydrogen-bond donors (Lipinski definition) is 1. The van der Waals surface area contributed by atoms with Gasteiger partial charge in [0.05, 0.1) is 0 Å². The second kappa shape index (κ2) is 5.72. The first-order valence-corrected chi connectivity index (χ1v) is 6.95. The molecule has 0 spiro atoms. The summed E-state index contributed by atoms with van der Waals surface area (Å²) in [6, 6.07) is 8.91. The van der Waals surface area contributed by atoms with Gasteiger partial charge in [0.2, 0.25) is 0 Å². The van der Waals surface area contributed by atoms with Crippen LogP contribution in [-0.2, 0) is 0 Å². The van der Waals surface area contributed by atoms with Crippen LogP contribution in [0.2, 0.25) is 0 Å². The van der Waals surface area contributed by atoms with Crippen LogP contribution in [0, 0.1) is 19.7 Å². The smallest absolute Gasteiger partial charge is 0.137 e. The highest BCUT2D eigenvalue weighted by molar-refractivity contribution is 7.99. The van der Waals surface area contributed by atoms with Crippen LogP contribution in [0.3, 0.4) is 0 Å². The Morgan fingerprint density at radius 2 is 1.95 bits per heavy atom. The molecule has 0 saturated carbocycles. The van der Waals surface area contributed by atoms with E-state index in [9.17, 15) is 4.39 Å². The molecule has 0 saturated heterocycles. The van der Waals surface area contributed by atoms with E-state index in [2.05, 4.69) is 4.98 Å². The third kappa shape index (κ3) is 3.55. The topological polar surface area (TPSA) is 38.9 Å². The van der Waals surface area contributed by atoms with Crippen molar-refractivity contribution in [3.8, 4) is 0 Å². The lowest BCUT2D eigenvalue weighted by Gasteiger charge is -2.09. The molecule has 1 atom stereocenters. The van der Waals surface area contributed by atoms with Crippen LogP contribution in [0.25, 0.3) is 0 Å². The van der Waals surface area contributed by atoms with Crippen molar-refractivity contribution in [1.29, 1.82) is 0 Å². The normalized spacial score (nSPS) is 12.5. The van der Waals surface area contributed by atoms with E-state index in [0.29, 0.717) is 4.90 Å². The van der Waals surface area contributed by atoms with E-state index in [-0.39, 0.29) is 11.9 Å². The first-order valence-electron chi connectivity index (χ1n) is 6.14. The van der Waals surface area contributed by atoms with Crippen LogP contribution in [0.4, 0.5) is 4.39 Å². The highest BCUT2D eigenvalue weighted by Gasteiger charge is 2.09. The quantitative estimate of drug-likeness (QED) is 0.920. The zero-order valence-corrected chi connectivity index (χ0v) is 12.1. The van der Waals surface area contributed by atoms with Crippen LogP contribution in [0.15, 0.2) is 40.3 Å². The van der Waals surface area contributed by atoms with E-state index in [1.165, 1.54) is 17.8 Å². The number of halogens is 1. The van der Waals surface area contributed by atoms with Gasteiger partial charge in [-0.25, -0.2) is 9.37 Å². The molecule has 0 aliphatic rings. The summed E-state index contributed by atoms with van der Waals surface area (Å²) in [4.78, 5) is 4.97. The zero-order chi connectivity index (χ0) is 14.0. The van der Waals surface area contributed by atoms with Crippen LogP contribution >= 0.6 is 11.8 Å². The van der Waals surface area contributed by atoms with Crippen molar-refractivity contribution in [1.82, 2.24) is 4.98 Å². The maximum Gasteiger partial charge on any atom is 0.137 e. The zero-order valence-electron chi connectivity index (χ0n) is 11.3. The summed E-state index contributed by atoms with van der Waals surface area (Å²) in [5.74, 6) is -0.249. The minimum Gasteiger partial charge on any atom is -0.324 e. The van der Waals surface area contributed by atoms with Gasteiger partial charge >= 0.3 is 0 Å². The summed E-state index contributed by atoms with van der Waals surface area (Å²) in [6.45, 7) is 5.79. The molecule has 2 nitrogen and oxygen atoms in total. The molecule has 0 bridgehead atoms. The molecule has 4 heteroatoms. The van der Waals surface area contributed by atoms with Gasteiger partial charge in [0.25, 0.3) is 0 Å². The molecule has 1 unspecified atom stereocenters. The third-order valence-corrected chi connectivity index (χ3v) is 3.74. The average molecular weight is 276 g/mol. The van der Waals surface area contributed by atoms with Crippen molar-refractivity contribution in [3.63, 3.8) is 0 Å². The molecule has 2 rings (SSSR count). The first kappa shape index (κ1) is 14.0. The summed E-state index contributed by atoms with van der Waals surface area (Å²) in [6.07, 6.45) is 0. The number of pyridine rings is 1. The molecular weight excluding hydrogens is 259 g/mol. The number of nitrogens with two attached hydrogens (primary N) is 1. The van der Waals surface area contributed by atoms with Crippen molar-refractivity contribution in [3.05, 3.63) is 53.0 Å². The Bertz CT molecular complexity index is 576. The highest BCUT2D eigenvalue weighted by Crippen LogP contribution is 2.30. The monoisotopic (exact) mass is 276 g/mol. The lowest BCUT2D eigenvalue weighted by atomic mass is 10.1. The summed E-state index contributed by atoms with van der Waals surface area (Å²) in [5.41, 5.74) is 8.61. The minimum atomic E-state index is -0.249. The molecule has 1 aromatic heterocycles. The summed E-state index contributed by atoms with van der Waals surface area (Å²) < 4.78 is 14.0. The van der Waals surface area contributed by atoms with E-state index < -0.39 is 0 Å². The number of aryl methyl sites for hydroxylation is 2. The molecule has 0 amide bonds. The van der Waals surface area contributed by atoms with Crippen molar-refractivity contribution >= 4 is 11.8 Å². The maximum atomic E-state index is 14.0. The van der Waals surface area contributed by atoms with E-state index in [4.69, 9.17) is 5.73 Å². The van der Waals surface area contributed by atoms with Gasteiger partial charge in [-0.1, -0.05) is 17.8 Å². The van der Waals surface area contributed by atoms with E-state index in [1.807, 2.05) is 39.0 Å². The second-order valence-electron chi connectivity index (χ2n) is 4.70. The Labute approximate surface area is 117 Å². The average Bonchev–Trinajstić information content (AvgIpc) is 2.30. The summed E-state index contributed by atoms with van der Waals surface area (Å²) in [5, 5.41) is 0.810. The van der Waals surface area contributed by atoms with Gasteiger partial charge in [-0.2, -0.15) is 0 Å². The fraction of sp³-hybridized carbons (Fsp3) is 0.267. The lowest BCUT2D eigenvalue weighted by Crippen LogP contribution is -2.05. The molecule has 0 radical (unpaired) electrons. The Morgan fingerprint density at radius 1 is 1.21 bits per heavy atom. The molecule has 0 aliphatic carbocycles. The summed E-state index contributed by atoms with van der Waals surface area (Å²) in [7, 11) is 0. The van der Waals surface area contributed by atoms with Gasteiger partial charge in [-0.3, -0.25) is 0 Å². The number of nitrogens with zero attached hydrogens (tertiary/aromatic N) is 1. The van der Waals surface area contributed by atoms with Crippen LogP contribution in [0.1, 0.15) is 29.8 Å². The summed E-state index contributed by atoms with van der Waals surface area (Å²) >= 11 is 1.34. The third-order valence-electron chi connectivity index (χ3n) is 2.77.